The summed E-state index contributed by atoms with van der Waals surface area (Å²) in [6, 6.07) is 7.38. The number of benzene rings is 2. The van der Waals surface area contributed by atoms with Gasteiger partial charge in [-0.25, -0.2) is 13.2 Å². The Morgan fingerprint density at radius 3 is 2.20 bits per heavy atom. The molecule has 2 N–H and O–H groups in total. The van der Waals surface area contributed by atoms with Crippen molar-refractivity contribution in [2.24, 2.45) is 5.73 Å². The van der Waals surface area contributed by atoms with Crippen molar-refractivity contribution in [3.8, 4) is 0 Å². The smallest absolute Gasteiger partial charge is 0.129 e. The summed E-state index contributed by atoms with van der Waals surface area (Å²) in [5.74, 6) is -1.57. The van der Waals surface area contributed by atoms with Gasteiger partial charge in [0.25, 0.3) is 0 Å². The van der Waals surface area contributed by atoms with Crippen molar-refractivity contribution in [1.29, 1.82) is 0 Å². The Bertz CT molecular complexity index is 616. The van der Waals surface area contributed by atoms with Gasteiger partial charge in [-0.1, -0.05) is 22.0 Å². The standard InChI is InChI=1S/C15H13BrF3N/c16-14-4-3-11(17)5-10(14)7-13(20)6-9-1-2-12(18)8-15(9)19/h1-5,8,13H,6-7,20H2. The molecule has 1 nitrogen and oxygen atoms in total. The van der Waals surface area contributed by atoms with E-state index in [9.17, 15) is 13.2 Å². The number of rotatable bonds is 4. The summed E-state index contributed by atoms with van der Waals surface area (Å²) < 4.78 is 40.3. The molecule has 0 heterocycles. The van der Waals surface area contributed by atoms with E-state index in [-0.39, 0.29) is 18.3 Å². The van der Waals surface area contributed by atoms with Crippen LogP contribution in [0.25, 0.3) is 0 Å². The largest absolute Gasteiger partial charge is 0.327 e. The van der Waals surface area contributed by atoms with Crippen molar-refractivity contribution in [2.45, 2.75) is 18.9 Å². The molecule has 0 aliphatic carbocycles. The van der Waals surface area contributed by atoms with E-state index in [1.807, 2.05) is 0 Å². The minimum atomic E-state index is -0.618. The summed E-state index contributed by atoms with van der Waals surface area (Å²) in [5, 5.41) is 0. The normalized spacial score (nSPS) is 12.4. The number of hydrogen-bond acceptors (Lipinski definition) is 1. The van der Waals surface area contributed by atoms with Gasteiger partial charge in [0, 0.05) is 16.6 Å². The molecule has 106 valence electrons. The van der Waals surface area contributed by atoms with Crippen LogP contribution in [0.4, 0.5) is 13.2 Å². The molecule has 2 aromatic carbocycles. The number of nitrogens with two attached hydrogens (primary N) is 1. The lowest BCUT2D eigenvalue weighted by Gasteiger charge is -2.13. The van der Waals surface area contributed by atoms with Crippen molar-refractivity contribution >= 4 is 15.9 Å². The zero-order valence-electron chi connectivity index (χ0n) is 10.5. The van der Waals surface area contributed by atoms with Crippen LogP contribution in [0.1, 0.15) is 11.1 Å². The molecule has 2 aromatic rings. The minimum Gasteiger partial charge on any atom is -0.327 e. The highest BCUT2D eigenvalue weighted by Gasteiger charge is 2.12. The van der Waals surface area contributed by atoms with Crippen LogP contribution in [0, 0.1) is 17.5 Å². The fourth-order valence-electron chi connectivity index (χ4n) is 2.02. The van der Waals surface area contributed by atoms with Crippen LogP contribution in [0.3, 0.4) is 0 Å². The van der Waals surface area contributed by atoms with Crippen molar-refractivity contribution in [1.82, 2.24) is 0 Å². The molecule has 0 aromatic heterocycles. The maximum atomic E-state index is 13.5. The van der Waals surface area contributed by atoms with E-state index in [4.69, 9.17) is 5.73 Å². The van der Waals surface area contributed by atoms with E-state index in [1.54, 1.807) is 6.07 Å². The third kappa shape index (κ3) is 3.84. The second-order valence-electron chi connectivity index (χ2n) is 4.64. The maximum absolute atomic E-state index is 13.5. The third-order valence-corrected chi connectivity index (χ3v) is 3.76. The van der Waals surface area contributed by atoms with Crippen LogP contribution >= 0.6 is 15.9 Å². The second kappa shape index (κ2) is 6.41. The highest BCUT2D eigenvalue weighted by Crippen LogP contribution is 2.20. The molecule has 0 spiro atoms. The van der Waals surface area contributed by atoms with Gasteiger partial charge in [0.05, 0.1) is 0 Å². The highest BCUT2D eigenvalue weighted by atomic mass is 79.9. The summed E-state index contributed by atoms with van der Waals surface area (Å²) in [5.41, 5.74) is 7.04. The molecule has 0 fully saturated rings. The molecule has 20 heavy (non-hydrogen) atoms. The Morgan fingerprint density at radius 1 is 0.900 bits per heavy atom. The minimum absolute atomic E-state index is 0.259. The zero-order valence-corrected chi connectivity index (χ0v) is 12.1. The fraction of sp³-hybridized carbons (Fsp3) is 0.200. The monoisotopic (exact) mass is 343 g/mol. The molecule has 0 aliphatic heterocycles. The van der Waals surface area contributed by atoms with E-state index in [0.717, 1.165) is 16.1 Å². The molecule has 0 saturated heterocycles. The summed E-state index contributed by atoms with van der Waals surface area (Å²) in [6.07, 6.45) is 0.657. The van der Waals surface area contributed by atoms with Gasteiger partial charge in [-0.15, -0.1) is 0 Å². The average Bonchev–Trinajstić information content (AvgIpc) is 2.37. The van der Waals surface area contributed by atoms with Crippen molar-refractivity contribution in [3.63, 3.8) is 0 Å². The van der Waals surface area contributed by atoms with Gasteiger partial charge in [0.1, 0.15) is 17.5 Å². The predicted octanol–water partition coefficient (Wildman–Crippen LogP) is 3.98. The Hall–Kier alpha value is -1.33. The van der Waals surface area contributed by atoms with Gasteiger partial charge >= 0.3 is 0 Å². The van der Waals surface area contributed by atoms with E-state index in [1.165, 1.54) is 24.3 Å². The maximum Gasteiger partial charge on any atom is 0.129 e. The molecule has 0 radical (unpaired) electrons. The van der Waals surface area contributed by atoms with Gasteiger partial charge in [-0.05, 0) is 48.2 Å². The molecule has 5 heteroatoms. The Kier molecular flexibility index (Phi) is 4.83. The topological polar surface area (TPSA) is 26.0 Å². The number of halogens is 4. The lowest BCUT2D eigenvalue weighted by Crippen LogP contribution is -2.26. The molecule has 1 unspecified atom stereocenters. The summed E-state index contributed by atoms with van der Waals surface area (Å²) >= 11 is 3.32. The van der Waals surface area contributed by atoms with Crippen molar-refractivity contribution in [3.05, 3.63) is 69.4 Å². The Balaban J connectivity index is 2.08. The quantitative estimate of drug-likeness (QED) is 0.892. The first-order valence-electron chi connectivity index (χ1n) is 6.09. The van der Waals surface area contributed by atoms with E-state index >= 15 is 0 Å². The van der Waals surface area contributed by atoms with Crippen LogP contribution in [0.2, 0.25) is 0 Å². The Morgan fingerprint density at radius 2 is 1.50 bits per heavy atom. The zero-order chi connectivity index (χ0) is 14.7. The van der Waals surface area contributed by atoms with Crippen LogP contribution in [-0.4, -0.2) is 6.04 Å². The van der Waals surface area contributed by atoms with Gasteiger partial charge in [0.15, 0.2) is 0 Å². The highest BCUT2D eigenvalue weighted by molar-refractivity contribution is 9.10. The molecule has 1 atom stereocenters. The fourth-order valence-corrected chi connectivity index (χ4v) is 2.43. The van der Waals surface area contributed by atoms with Crippen LogP contribution in [0.5, 0.6) is 0 Å². The van der Waals surface area contributed by atoms with Gasteiger partial charge in [-0.2, -0.15) is 0 Å². The first-order chi connectivity index (χ1) is 9.45. The molecule has 0 saturated carbocycles. The molecular weight excluding hydrogens is 331 g/mol. The van der Waals surface area contributed by atoms with Gasteiger partial charge in [-0.3, -0.25) is 0 Å². The van der Waals surface area contributed by atoms with Gasteiger partial charge < -0.3 is 5.73 Å². The first-order valence-corrected chi connectivity index (χ1v) is 6.88. The second-order valence-corrected chi connectivity index (χ2v) is 5.49. The van der Waals surface area contributed by atoms with Crippen molar-refractivity contribution < 1.29 is 13.2 Å². The predicted molar refractivity (Wildman–Crippen MR) is 75.8 cm³/mol. The molecule has 0 aliphatic rings. The van der Waals surface area contributed by atoms with E-state index in [0.29, 0.717) is 12.0 Å². The summed E-state index contributed by atoms with van der Waals surface area (Å²) in [6.45, 7) is 0. The molecule has 2 rings (SSSR count). The van der Waals surface area contributed by atoms with E-state index < -0.39 is 11.6 Å². The molecule has 0 amide bonds. The summed E-state index contributed by atoms with van der Waals surface area (Å²) in [4.78, 5) is 0. The van der Waals surface area contributed by atoms with Crippen LogP contribution in [-0.2, 0) is 12.8 Å². The lowest BCUT2D eigenvalue weighted by atomic mass is 9.99. The van der Waals surface area contributed by atoms with E-state index in [2.05, 4.69) is 15.9 Å². The Labute approximate surface area is 123 Å². The third-order valence-electron chi connectivity index (χ3n) is 2.99. The molecule has 0 bridgehead atoms. The molecular formula is C15H13BrF3N. The van der Waals surface area contributed by atoms with Gasteiger partial charge in [0.2, 0.25) is 0 Å². The first kappa shape index (κ1) is 15.1. The SMILES string of the molecule is NC(Cc1ccc(F)cc1F)Cc1cc(F)ccc1Br. The van der Waals surface area contributed by atoms with Crippen LogP contribution < -0.4 is 5.73 Å². The average molecular weight is 344 g/mol. The summed E-state index contributed by atoms with van der Waals surface area (Å²) in [7, 11) is 0. The van der Waals surface area contributed by atoms with Crippen LogP contribution in [0.15, 0.2) is 40.9 Å². The number of hydrogen-bond donors (Lipinski definition) is 1. The lowest BCUT2D eigenvalue weighted by molar-refractivity contribution is 0.557. The van der Waals surface area contributed by atoms with Crippen molar-refractivity contribution in [2.75, 3.05) is 0 Å².